The van der Waals surface area contributed by atoms with Gasteiger partial charge in [-0.2, -0.15) is 0 Å². The Hall–Kier alpha value is -2.50. The van der Waals surface area contributed by atoms with Crippen molar-refractivity contribution in [2.24, 2.45) is 0 Å². The number of aromatic carboxylic acids is 1. The van der Waals surface area contributed by atoms with Gasteiger partial charge in [0.2, 0.25) is 5.88 Å². The van der Waals surface area contributed by atoms with E-state index < -0.39 is 5.97 Å². The Morgan fingerprint density at radius 1 is 1.35 bits per heavy atom. The summed E-state index contributed by atoms with van der Waals surface area (Å²) >= 11 is 0. The van der Waals surface area contributed by atoms with Crippen molar-refractivity contribution in [1.29, 1.82) is 0 Å². The minimum atomic E-state index is -1.15. The molecule has 86 valence electrons. The van der Waals surface area contributed by atoms with Crippen LogP contribution in [0.25, 0.3) is 0 Å². The highest BCUT2D eigenvalue weighted by molar-refractivity contribution is 5.88. The van der Waals surface area contributed by atoms with Crippen LogP contribution in [-0.2, 0) is 0 Å². The van der Waals surface area contributed by atoms with Gasteiger partial charge in [-0.05, 0) is 19.1 Å². The molecule has 0 amide bonds. The Balaban J connectivity index is 2.33. The van der Waals surface area contributed by atoms with Crippen LogP contribution in [0.5, 0.6) is 11.6 Å². The molecule has 6 heteroatoms. The number of carbonyl (C=O) groups is 1. The molecular weight excluding hydrogens is 222 g/mol. The average Bonchev–Trinajstić information content (AvgIpc) is 2.29. The summed E-state index contributed by atoms with van der Waals surface area (Å²) in [5.74, 6) is -0.711. The van der Waals surface area contributed by atoms with E-state index in [1.54, 1.807) is 19.1 Å². The van der Waals surface area contributed by atoms with Crippen molar-refractivity contribution in [2.75, 3.05) is 0 Å². The lowest BCUT2D eigenvalue weighted by Crippen LogP contribution is -2.03. The number of hydrogen-bond acceptors (Lipinski definition) is 5. The van der Waals surface area contributed by atoms with Crippen LogP contribution in [-0.4, -0.2) is 26.0 Å². The third-order valence-electron chi connectivity index (χ3n) is 1.97. The summed E-state index contributed by atoms with van der Waals surface area (Å²) in [5, 5.41) is 8.92. The molecule has 0 unspecified atom stereocenters. The first-order valence-corrected chi connectivity index (χ1v) is 4.81. The van der Waals surface area contributed by atoms with Crippen molar-refractivity contribution in [2.45, 2.75) is 6.92 Å². The number of pyridine rings is 1. The van der Waals surface area contributed by atoms with Crippen molar-refractivity contribution in [1.82, 2.24) is 15.0 Å². The molecule has 0 aliphatic heterocycles. The lowest BCUT2D eigenvalue weighted by molar-refractivity contribution is 0.0687. The molecule has 0 aliphatic carbocycles. The van der Waals surface area contributed by atoms with E-state index in [1.807, 2.05) is 0 Å². The summed E-state index contributed by atoms with van der Waals surface area (Å²) in [5.41, 5.74) is 0.583. The molecule has 1 N–H and O–H groups in total. The molecule has 0 atom stereocenters. The Morgan fingerprint density at radius 3 is 2.88 bits per heavy atom. The second-order valence-corrected chi connectivity index (χ2v) is 3.25. The molecule has 0 aromatic carbocycles. The lowest BCUT2D eigenvalue weighted by Gasteiger charge is -2.06. The molecule has 0 saturated carbocycles. The maximum absolute atomic E-state index is 10.9. The number of carboxylic acids is 1. The zero-order valence-electron chi connectivity index (χ0n) is 8.99. The zero-order valence-corrected chi connectivity index (χ0v) is 8.99. The van der Waals surface area contributed by atoms with Gasteiger partial charge < -0.3 is 9.84 Å². The van der Waals surface area contributed by atoms with Crippen LogP contribution in [0.4, 0.5) is 0 Å². The molecule has 2 aromatic rings. The van der Waals surface area contributed by atoms with Crippen LogP contribution in [0.15, 0.2) is 30.7 Å². The molecule has 0 radical (unpaired) electrons. The van der Waals surface area contributed by atoms with E-state index in [0.717, 1.165) is 5.69 Å². The predicted molar refractivity (Wildman–Crippen MR) is 58.0 cm³/mol. The van der Waals surface area contributed by atoms with Crippen molar-refractivity contribution in [3.8, 4) is 11.6 Å². The van der Waals surface area contributed by atoms with Gasteiger partial charge in [0, 0.05) is 18.0 Å². The summed E-state index contributed by atoms with van der Waals surface area (Å²) in [6.07, 6.45) is 2.74. The number of rotatable bonds is 3. The van der Waals surface area contributed by atoms with Crippen LogP contribution < -0.4 is 4.74 Å². The smallest absolute Gasteiger partial charge is 0.358 e. The van der Waals surface area contributed by atoms with Crippen LogP contribution in [0, 0.1) is 6.92 Å². The van der Waals surface area contributed by atoms with Crippen molar-refractivity contribution >= 4 is 5.97 Å². The fourth-order valence-corrected chi connectivity index (χ4v) is 1.23. The zero-order chi connectivity index (χ0) is 12.3. The number of carboxylic acid groups (broad SMARTS) is 1. The minimum absolute atomic E-state index is 0.149. The van der Waals surface area contributed by atoms with Gasteiger partial charge in [-0.3, -0.25) is 0 Å². The van der Waals surface area contributed by atoms with E-state index >= 15 is 0 Å². The summed E-state index contributed by atoms with van der Waals surface area (Å²) in [6.45, 7) is 1.79. The molecule has 2 heterocycles. The van der Waals surface area contributed by atoms with Crippen molar-refractivity contribution in [3.05, 3.63) is 42.1 Å². The van der Waals surface area contributed by atoms with Crippen LogP contribution >= 0.6 is 0 Å². The Morgan fingerprint density at radius 2 is 2.18 bits per heavy atom. The quantitative estimate of drug-likeness (QED) is 0.864. The predicted octanol–water partition coefficient (Wildman–Crippen LogP) is 1.67. The lowest BCUT2D eigenvalue weighted by atomic mass is 10.3. The fraction of sp³-hybridized carbons (Fsp3) is 0.0909. The van der Waals surface area contributed by atoms with Gasteiger partial charge in [0.1, 0.15) is 6.33 Å². The van der Waals surface area contributed by atoms with Gasteiger partial charge in [-0.15, -0.1) is 0 Å². The first-order valence-electron chi connectivity index (χ1n) is 4.81. The normalized spacial score (nSPS) is 9.94. The first-order chi connectivity index (χ1) is 8.16. The van der Waals surface area contributed by atoms with Crippen LogP contribution in [0.1, 0.15) is 16.2 Å². The molecule has 2 rings (SSSR count). The van der Waals surface area contributed by atoms with Gasteiger partial charge in [-0.1, -0.05) is 0 Å². The van der Waals surface area contributed by atoms with E-state index in [2.05, 4.69) is 15.0 Å². The largest absolute Gasteiger partial charge is 0.476 e. The Bertz CT molecular complexity index is 557. The SMILES string of the molecule is Cc1cc(Oc2cccnc2C(=O)O)ncn1. The van der Waals surface area contributed by atoms with Gasteiger partial charge >= 0.3 is 5.97 Å². The number of nitrogens with zero attached hydrogens (tertiary/aromatic N) is 3. The van der Waals surface area contributed by atoms with Gasteiger partial charge in [-0.25, -0.2) is 19.7 Å². The second kappa shape index (κ2) is 4.56. The fourth-order valence-electron chi connectivity index (χ4n) is 1.23. The van der Waals surface area contributed by atoms with Crippen LogP contribution in [0.2, 0.25) is 0 Å². The molecule has 17 heavy (non-hydrogen) atoms. The minimum Gasteiger partial charge on any atom is -0.476 e. The van der Waals surface area contributed by atoms with Crippen LogP contribution in [0.3, 0.4) is 0 Å². The van der Waals surface area contributed by atoms with E-state index in [-0.39, 0.29) is 17.3 Å². The third-order valence-corrected chi connectivity index (χ3v) is 1.97. The van der Waals surface area contributed by atoms with Crippen molar-refractivity contribution < 1.29 is 14.6 Å². The number of hydrogen-bond donors (Lipinski definition) is 1. The monoisotopic (exact) mass is 231 g/mol. The molecule has 0 saturated heterocycles. The van der Waals surface area contributed by atoms with Gasteiger partial charge in [0.15, 0.2) is 11.4 Å². The summed E-state index contributed by atoms with van der Waals surface area (Å²) in [6, 6.07) is 4.72. The summed E-state index contributed by atoms with van der Waals surface area (Å²) in [7, 11) is 0. The van der Waals surface area contributed by atoms with Gasteiger partial charge in [0.05, 0.1) is 0 Å². The first kappa shape index (κ1) is 11.0. The van der Waals surface area contributed by atoms with Crippen molar-refractivity contribution in [3.63, 3.8) is 0 Å². The molecule has 2 aromatic heterocycles. The van der Waals surface area contributed by atoms with E-state index in [9.17, 15) is 4.79 Å². The maximum Gasteiger partial charge on any atom is 0.358 e. The third kappa shape index (κ3) is 2.54. The standard InChI is InChI=1S/C11H9N3O3/c1-7-5-9(14-6-13-7)17-8-3-2-4-12-10(8)11(15)16/h2-6H,1H3,(H,15,16). The van der Waals surface area contributed by atoms with Gasteiger partial charge in [0.25, 0.3) is 0 Å². The van der Waals surface area contributed by atoms with E-state index in [4.69, 9.17) is 9.84 Å². The molecule has 0 bridgehead atoms. The average molecular weight is 231 g/mol. The molecule has 0 aliphatic rings. The molecule has 6 nitrogen and oxygen atoms in total. The second-order valence-electron chi connectivity index (χ2n) is 3.25. The number of ether oxygens (including phenoxy) is 1. The van der Waals surface area contributed by atoms with E-state index in [0.29, 0.717) is 0 Å². The van der Waals surface area contributed by atoms with E-state index in [1.165, 1.54) is 18.6 Å². The highest BCUT2D eigenvalue weighted by atomic mass is 16.5. The molecular formula is C11H9N3O3. The molecule has 0 fully saturated rings. The number of aromatic nitrogens is 3. The summed E-state index contributed by atoms with van der Waals surface area (Å²) < 4.78 is 5.36. The topological polar surface area (TPSA) is 85.2 Å². The summed E-state index contributed by atoms with van der Waals surface area (Å²) in [4.78, 5) is 22.4. The number of aryl methyl sites for hydroxylation is 1. The highest BCUT2D eigenvalue weighted by Crippen LogP contribution is 2.21. The maximum atomic E-state index is 10.9. The highest BCUT2D eigenvalue weighted by Gasteiger charge is 2.13. The Labute approximate surface area is 96.9 Å². The Kier molecular flexibility index (Phi) is 2.95. The molecule has 0 spiro atoms.